The summed E-state index contributed by atoms with van der Waals surface area (Å²) in [5, 5.41) is 7.09. The van der Waals surface area contributed by atoms with Crippen LogP contribution in [0.25, 0.3) is 5.69 Å². The molecule has 2 unspecified atom stereocenters. The lowest BCUT2D eigenvalue weighted by Gasteiger charge is -2.25. The van der Waals surface area contributed by atoms with Crippen LogP contribution < -0.4 is 11.1 Å². The van der Waals surface area contributed by atoms with Gasteiger partial charge in [0.25, 0.3) is 0 Å². The molecule has 2 heterocycles. The maximum atomic E-state index is 12.5. The topological polar surface area (TPSA) is 82.2 Å². The van der Waals surface area contributed by atoms with Crippen molar-refractivity contribution >= 4 is 11.6 Å². The monoisotopic (exact) mass is 286 g/mol. The number of nitrogens with one attached hydrogen (secondary N) is 1. The van der Waals surface area contributed by atoms with E-state index in [9.17, 15) is 4.79 Å². The first-order valence-electron chi connectivity index (χ1n) is 6.84. The van der Waals surface area contributed by atoms with Crippen molar-refractivity contribution in [1.29, 1.82) is 0 Å². The van der Waals surface area contributed by atoms with E-state index in [1.807, 2.05) is 43.5 Å². The number of carbonyl (C=O) groups is 1. The van der Waals surface area contributed by atoms with E-state index in [0.29, 0.717) is 18.9 Å². The second-order valence-electron chi connectivity index (χ2n) is 5.49. The zero-order valence-electron chi connectivity index (χ0n) is 11.8. The SMILES string of the molecule is CC1(C(=O)Nc2cccc(-n3cccn3)c2)COCC1N. The molecule has 1 aliphatic heterocycles. The van der Waals surface area contributed by atoms with Crippen molar-refractivity contribution in [3.8, 4) is 5.69 Å². The van der Waals surface area contributed by atoms with Gasteiger partial charge in [0.15, 0.2) is 0 Å². The van der Waals surface area contributed by atoms with Crippen LogP contribution in [0.1, 0.15) is 6.92 Å². The molecular weight excluding hydrogens is 268 g/mol. The number of rotatable bonds is 3. The number of nitrogens with two attached hydrogens (primary N) is 1. The van der Waals surface area contributed by atoms with Crippen LogP contribution in [-0.2, 0) is 9.53 Å². The summed E-state index contributed by atoms with van der Waals surface area (Å²) in [5.41, 5.74) is 6.88. The van der Waals surface area contributed by atoms with Crippen LogP contribution in [-0.4, -0.2) is 34.9 Å². The van der Waals surface area contributed by atoms with Crippen LogP contribution in [0, 0.1) is 5.41 Å². The fourth-order valence-corrected chi connectivity index (χ4v) is 2.34. The van der Waals surface area contributed by atoms with Crippen molar-refractivity contribution in [2.45, 2.75) is 13.0 Å². The first-order chi connectivity index (χ1) is 10.1. The highest BCUT2D eigenvalue weighted by Crippen LogP contribution is 2.29. The molecule has 0 spiro atoms. The van der Waals surface area contributed by atoms with Crippen LogP contribution in [0.5, 0.6) is 0 Å². The van der Waals surface area contributed by atoms with Gasteiger partial charge < -0.3 is 15.8 Å². The Morgan fingerprint density at radius 3 is 3.05 bits per heavy atom. The minimum atomic E-state index is -0.693. The third-order valence-corrected chi connectivity index (χ3v) is 3.91. The Bertz CT molecular complexity index is 641. The van der Waals surface area contributed by atoms with Gasteiger partial charge in [0.1, 0.15) is 0 Å². The standard InChI is InChI=1S/C15H18N4O2/c1-15(10-21-9-13(15)16)14(20)18-11-4-2-5-12(8-11)19-7-3-6-17-19/h2-8,13H,9-10,16H2,1H3,(H,18,20). The molecule has 110 valence electrons. The summed E-state index contributed by atoms with van der Waals surface area (Å²) in [6.45, 7) is 2.59. The summed E-state index contributed by atoms with van der Waals surface area (Å²) in [6.07, 6.45) is 3.56. The van der Waals surface area contributed by atoms with E-state index in [-0.39, 0.29) is 11.9 Å². The van der Waals surface area contributed by atoms with E-state index in [2.05, 4.69) is 10.4 Å². The van der Waals surface area contributed by atoms with Gasteiger partial charge in [-0.1, -0.05) is 6.07 Å². The van der Waals surface area contributed by atoms with Gasteiger partial charge in [-0.05, 0) is 31.2 Å². The van der Waals surface area contributed by atoms with Gasteiger partial charge in [0.2, 0.25) is 5.91 Å². The number of amides is 1. The minimum absolute atomic E-state index is 0.120. The van der Waals surface area contributed by atoms with Crippen molar-refractivity contribution in [2.75, 3.05) is 18.5 Å². The Hall–Kier alpha value is -2.18. The smallest absolute Gasteiger partial charge is 0.234 e. The summed E-state index contributed by atoms with van der Waals surface area (Å²) in [4.78, 5) is 12.5. The molecule has 1 saturated heterocycles. The van der Waals surface area contributed by atoms with E-state index in [1.54, 1.807) is 10.9 Å². The van der Waals surface area contributed by atoms with Gasteiger partial charge in [0, 0.05) is 24.1 Å². The highest BCUT2D eigenvalue weighted by molar-refractivity contribution is 5.96. The van der Waals surface area contributed by atoms with E-state index in [4.69, 9.17) is 10.5 Å². The van der Waals surface area contributed by atoms with Crippen LogP contribution in [0.4, 0.5) is 5.69 Å². The molecule has 0 radical (unpaired) electrons. The van der Waals surface area contributed by atoms with Crippen molar-refractivity contribution < 1.29 is 9.53 Å². The molecule has 1 aromatic heterocycles. The average molecular weight is 286 g/mol. The molecule has 6 heteroatoms. The van der Waals surface area contributed by atoms with E-state index >= 15 is 0 Å². The van der Waals surface area contributed by atoms with Gasteiger partial charge >= 0.3 is 0 Å². The highest BCUT2D eigenvalue weighted by atomic mass is 16.5. The van der Waals surface area contributed by atoms with Gasteiger partial charge in [-0.2, -0.15) is 5.10 Å². The molecule has 2 atom stereocenters. The molecule has 1 aromatic carbocycles. The number of anilines is 1. The van der Waals surface area contributed by atoms with E-state index in [0.717, 1.165) is 5.69 Å². The molecule has 21 heavy (non-hydrogen) atoms. The zero-order chi connectivity index (χ0) is 14.9. The maximum absolute atomic E-state index is 12.5. The summed E-state index contributed by atoms with van der Waals surface area (Å²) >= 11 is 0. The lowest BCUT2D eigenvalue weighted by Crippen LogP contribution is -2.47. The normalized spacial score (nSPS) is 25.0. The lowest BCUT2D eigenvalue weighted by molar-refractivity contribution is -0.125. The second kappa shape index (κ2) is 5.31. The fourth-order valence-electron chi connectivity index (χ4n) is 2.34. The van der Waals surface area contributed by atoms with E-state index < -0.39 is 5.41 Å². The number of aromatic nitrogens is 2. The Balaban J connectivity index is 1.79. The van der Waals surface area contributed by atoms with Crippen LogP contribution in [0.3, 0.4) is 0 Å². The predicted molar refractivity (Wildman–Crippen MR) is 79.1 cm³/mol. The number of ether oxygens (including phenoxy) is 1. The third kappa shape index (κ3) is 2.55. The molecular formula is C15H18N4O2. The molecule has 0 aliphatic carbocycles. The molecule has 6 nitrogen and oxygen atoms in total. The van der Waals surface area contributed by atoms with Crippen LogP contribution >= 0.6 is 0 Å². The van der Waals surface area contributed by atoms with Crippen LogP contribution in [0.15, 0.2) is 42.7 Å². The third-order valence-electron chi connectivity index (χ3n) is 3.91. The van der Waals surface area contributed by atoms with Crippen molar-refractivity contribution in [3.63, 3.8) is 0 Å². The van der Waals surface area contributed by atoms with Gasteiger partial charge in [-0.15, -0.1) is 0 Å². The molecule has 3 rings (SSSR count). The number of nitrogens with zero attached hydrogens (tertiary/aromatic N) is 2. The van der Waals surface area contributed by atoms with Gasteiger partial charge in [-0.25, -0.2) is 4.68 Å². The lowest BCUT2D eigenvalue weighted by atomic mass is 9.85. The maximum Gasteiger partial charge on any atom is 0.234 e. The Morgan fingerprint density at radius 1 is 1.52 bits per heavy atom. The van der Waals surface area contributed by atoms with Gasteiger partial charge in [0.05, 0.1) is 24.3 Å². The van der Waals surface area contributed by atoms with Crippen LogP contribution in [0.2, 0.25) is 0 Å². The molecule has 1 fully saturated rings. The predicted octanol–water partition coefficient (Wildman–Crippen LogP) is 1.17. The molecule has 1 aliphatic rings. The number of hydrogen-bond donors (Lipinski definition) is 2. The highest BCUT2D eigenvalue weighted by Gasteiger charge is 2.44. The number of carbonyl (C=O) groups excluding carboxylic acids is 1. The zero-order valence-corrected chi connectivity index (χ0v) is 11.8. The number of benzene rings is 1. The quantitative estimate of drug-likeness (QED) is 0.887. The van der Waals surface area contributed by atoms with Gasteiger partial charge in [-0.3, -0.25) is 4.79 Å². The summed E-state index contributed by atoms with van der Waals surface area (Å²) in [6, 6.07) is 9.08. The second-order valence-corrected chi connectivity index (χ2v) is 5.49. The molecule has 2 aromatic rings. The molecule has 3 N–H and O–H groups in total. The van der Waals surface area contributed by atoms with Crippen molar-refractivity contribution in [2.24, 2.45) is 11.1 Å². The first-order valence-corrected chi connectivity index (χ1v) is 6.84. The summed E-state index contributed by atoms with van der Waals surface area (Å²) < 4.78 is 7.05. The Kier molecular flexibility index (Phi) is 3.48. The van der Waals surface area contributed by atoms with Crippen molar-refractivity contribution in [1.82, 2.24) is 9.78 Å². The minimum Gasteiger partial charge on any atom is -0.379 e. The fraction of sp³-hybridized carbons (Fsp3) is 0.333. The first kappa shape index (κ1) is 13.8. The summed E-state index contributed by atoms with van der Waals surface area (Å²) in [7, 11) is 0. The molecule has 0 saturated carbocycles. The Morgan fingerprint density at radius 2 is 2.38 bits per heavy atom. The molecule has 0 bridgehead atoms. The average Bonchev–Trinajstić information content (AvgIpc) is 3.11. The van der Waals surface area contributed by atoms with Crippen molar-refractivity contribution in [3.05, 3.63) is 42.7 Å². The Labute approximate surface area is 122 Å². The molecule has 1 amide bonds. The van der Waals surface area contributed by atoms with E-state index in [1.165, 1.54) is 0 Å². The largest absolute Gasteiger partial charge is 0.379 e. The summed E-state index contributed by atoms with van der Waals surface area (Å²) in [5.74, 6) is -0.120. The number of hydrogen-bond acceptors (Lipinski definition) is 4.